The fourth-order valence-corrected chi connectivity index (χ4v) is 2.49. The van der Waals surface area contributed by atoms with Crippen LogP contribution in [0.15, 0.2) is 6.33 Å². The van der Waals surface area contributed by atoms with Crippen molar-refractivity contribution >= 4 is 0 Å². The minimum Gasteiger partial charge on any atom is -0.313 e. The predicted octanol–water partition coefficient (Wildman–Crippen LogP) is 2.22. The van der Waals surface area contributed by atoms with Crippen molar-refractivity contribution in [2.45, 2.75) is 60.2 Å². The summed E-state index contributed by atoms with van der Waals surface area (Å²) >= 11 is 0. The summed E-state index contributed by atoms with van der Waals surface area (Å²) < 4.78 is 3.98. The van der Waals surface area contributed by atoms with Crippen LogP contribution in [0, 0.1) is 13.8 Å². The summed E-state index contributed by atoms with van der Waals surface area (Å²) in [5.41, 5.74) is 3.58. The van der Waals surface area contributed by atoms with Gasteiger partial charge in [-0.05, 0) is 40.7 Å². The van der Waals surface area contributed by atoms with Crippen LogP contribution in [0.1, 0.15) is 56.0 Å². The first-order chi connectivity index (χ1) is 10.0. The van der Waals surface area contributed by atoms with Gasteiger partial charge in [0.05, 0.1) is 5.69 Å². The molecule has 0 fully saturated rings. The molecule has 2 rings (SSSR count). The summed E-state index contributed by atoms with van der Waals surface area (Å²) in [6, 6.07) is 0.310. The van der Waals surface area contributed by atoms with Crippen molar-refractivity contribution in [3.8, 4) is 0 Å². The minimum atomic E-state index is 0.310. The van der Waals surface area contributed by atoms with E-state index in [4.69, 9.17) is 0 Å². The van der Waals surface area contributed by atoms with E-state index in [0.717, 1.165) is 31.0 Å². The molecule has 6 heteroatoms. The van der Waals surface area contributed by atoms with Crippen LogP contribution in [0.2, 0.25) is 0 Å². The number of hydrogen-bond donors (Lipinski definition) is 1. The Morgan fingerprint density at radius 2 is 2.05 bits per heavy atom. The first kappa shape index (κ1) is 15.7. The third-order valence-corrected chi connectivity index (χ3v) is 3.69. The lowest BCUT2D eigenvalue weighted by Crippen LogP contribution is -2.16. The molecule has 2 aromatic heterocycles. The Labute approximate surface area is 126 Å². The summed E-state index contributed by atoms with van der Waals surface area (Å²) in [6.07, 6.45) is 2.76. The van der Waals surface area contributed by atoms with Gasteiger partial charge in [0.15, 0.2) is 0 Å². The van der Waals surface area contributed by atoms with E-state index in [1.54, 1.807) is 6.33 Å². The van der Waals surface area contributed by atoms with Crippen LogP contribution in [0.25, 0.3) is 0 Å². The van der Waals surface area contributed by atoms with Crippen LogP contribution in [0.4, 0.5) is 0 Å². The van der Waals surface area contributed by atoms with E-state index in [9.17, 15) is 0 Å². The van der Waals surface area contributed by atoms with Crippen molar-refractivity contribution in [3.05, 3.63) is 29.1 Å². The molecule has 21 heavy (non-hydrogen) atoms. The van der Waals surface area contributed by atoms with Crippen molar-refractivity contribution < 1.29 is 0 Å². The second kappa shape index (κ2) is 6.85. The zero-order chi connectivity index (χ0) is 15.4. The topological polar surface area (TPSA) is 60.6 Å². The van der Waals surface area contributed by atoms with Crippen molar-refractivity contribution in [1.82, 2.24) is 29.9 Å². The largest absolute Gasteiger partial charge is 0.313 e. The number of nitrogens with zero attached hydrogens (tertiary/aromatic N) is 5. The van der Waals surface area contributed by atoms with Gasteiger partial charge in [-0.2, -0.15) is 10.2 Å². The zero-order valence-corrected chi connectivity index (χ0v) is 13.7. The van der Waals surface area contributed by atoms with Crippen molar-refractivity contribution in [2.24, 2.45) is 0 Å². The molecule has 0 aliphatic heterocycles. The maximum absolute atomic E-state index is 4.66. The van der Waals surface area contributed by atoms with Crippen LogP contribution in [-0.2, 0) is 13.1 Å². The van der Waals surface area contributed by atoms with E-state index in [1.165, 1.54) is 11.3 Å². The lowest BCUT2D eigenvalue weighted by Gasteiger charge is -2.10. The molecule has 0 radical (unpaired) electrons. The first-order valence-corrected chi connectivity index (χ1v) is 7.66. The monoisotopic (exact) mass is 290 g/mol. The van der Waals surface area contributed by atoms with Crippen LogP contribution < -0.4 is 5.32 Å². The average Bonchev–Trinajstić information content (AvgIpc) is 2.99. The Kier molecular flexibility index (Phi) is 5.12. The minimum absolute atomic E-state index is 0.310. The smallest absolute Gasteiger partial charge is 0.148 e. The molecule has 0 spiro atoms. The highest BCUT2D eigenvalue weighted by Gasteiger charge is 2.14. The van der Waals surface area contributed by atoms with Gasteiger partial charge in [0, 0.05) is 23.8 Å². The van der Waals surface area contributed by atoms with E-state index in [0.29, 0.717) is 12.6 Å². The van der Waals surface area contributed by atoms with E-state index < -0.39 is 0 Å². The normalized spacial score (nSPS) is 11.5. The Bertz CT molecular complexity index is 581. The molecule has 0 amide bonds. The average molecular weight is 290 g/mol. The molecule has 0 aromatic carbocycles. The summed E-state index contributed by atoms with van der Waals surface area (Å²) in [6.45, 7) is 13.2. The SMILES string of the molecule is CCCNCc1c(C)nn(Cc2ncnn2C(C)C)c1C. The quantitative estimate of drug-likeness (QED) is 0.794. The van der Waals surface area contributed by atoms with Crippen molar-refractivity contribution in [1.29, 1.82) is 0 Å². The van der Waals surface area contributed by atoms with Gasteiger partial charge in [-0.3, -0.25) is 4.68 Å². The van der Waals surface area contributed by atoms with Crippen molar-refractivity contribution in [3.63, 3.8) is 0 Å². The zero-order valence-electron chi connectivity index (χ0n) is 13.7. The van der Waals surface area contributed by atoms with Crippen LogP contribution in [0.5, 0.6) is 0 Å². The van der Waals surface area contributed by atoms with Crippen LogP contribution in [0.3, 0.4) is 0 Å². The van der Waals surface area contributed by atoms with Crippen LogP contribution in [-0.4, -0.2) is 31.1 Å². The summed E-state index contributed by atoms with van der Waals surface area (Å²) in [5, 5.41) is 12.4. The molecule has 0 bridgehead atoms. The van der Waals surface area contributed by atoms with Crippen molar-refractivity contribution in [2.75, 3.05) is 6.54 Å². The van der Waals surface area contributed by atoms with E-state index in [2.05, 4.69) is 55.1 Å². The van der Waals surface area contributed by atoms with Gasteiger partial charge in [0.1, 0.15) is 18.7 Å². The third-order valence-electron chi connectivity index (χ3n) is 3.69. The first-order valence-electron chi connectivity index (χ1n) is 7.66. The molecule has 6 nitrogen and oxygen atoms in total. The molecular weight excluding hydrogens is 264 g/mol. The van der Waals surface area contributed by atoms with Gasteiger partial charge in [-0.1, -0.05) is 6.92 Å². The number of rotatable bonds is 7. The predicted molar refractivity (Wildman–Crippen MR) is 83.2 cm³/mol. The Balaban J connectivity index is 2.17. The van der Waals surface area contributed by atoms with E-state index >= 15 is 0 Å². The molecule has 0 aliphatic rings. The highest BCUT2D eigenvalue weighted by atomic mass is 15.4. The lowest BCUT2D eigenvalue weighted by atomic mass is 10.2. The number of nitrogens with one attached hydrogen (secondary N) is 1. The van der Waals surface area contributed by atoms with Gasteiger partial charge in [0.2, 0.25) is 0 Å². The van der Waals surface area contributed by atoms with Gasteiger partial charge in [-0.25, -0.2) is 9.67 Å². The third kappa shape index (κ3) is 3.50. The molecular formula is C15H26N6. The van der Waals surface area contributed by atoms with E-state index in [1.807, 2.05) is 9.36 Å². The summed E-state index contributed by atoms with van der Waals surface area (Å²) in [5.74, 6) is 0.948. The fourth-order valence-electron chi connectivity index (χ4n) is 2.49. The van der Waals surface area contributed by atoms with Gasteiger partial charge < -0.3 is 5.32 Å². The molecule has 0 aliphatic carbocycles. The highest BCUT2D eigenvalue weighted by molar-refractivity contribution is 5.24. The summed E-state index contributed by atoms with van der Waals surface area (Å²) in [4.78, 5) is 4.36. The van der Waals surface area contributed by atoms with Gasteiger partial charge >= 0.3 is 0 Å². The molecule has 0 saturated heterocycles. The Morgan fingerprint density at radius 3 is 2.71 bits per heavy atom. The molecule has 1 N–H and O–H groups in total. The Hall–Kier alpha value is -1.69. The van der Waals surface area contributed by atoms with Crippen LogP contribution >= 0.6 is 0 Å². The lowest BCUT2D eigenvalue weighted by molar-refractivity contribution is 0.485. The molecule has 0 unspecified atom stereocenters. The number of aromatic nitrogens is 5. The Morgan fingerprint density at radius 1 is 1.29 bits per heavy atom. The highest BCUT2D eigenvalue weighted by Crippen LogP contribution is 2.15. The maximum Gasteiger partial charge on any atom is 0.148 e. The van der Waals surface area contributed by atoms with Gasteiger partial charge in [-0.15, -0.1) is 0 Å². The fraction of sp³-hybridized carbons (Fsp3) is 0.667. The maximum atomic E-state index is 4.66. The standard InChI is InChI=1S/C15H26N6/c1-6-7-16-8-14-12(4)19-20(13(14)5)9-15-17-10-18-21(15)11(2)3/h10-11,16H,6-9H2,1-5H3. The molecule has 0 atom stereocenters. The number of aryl methyl sites for hydroxylation is 1. The molecule has 2 heterocycles. The second-order valence-corrected chi connectivity index (χ2v) is 5.70. The van der Waals surface area contributed by atoms with Gasteiger partial charge in [0.25, 0.3) is 0 Å². The van der Waals surface area contributed by atoms with E-state index in [-0.39, 0.29) is 0 Å². The number of hydrogen-bond acceptors (Lipinski definition) is 4. The molecule has 0 saturated carbocycles. The molecule has 2 aromatic rings. The summed E-state index contributed by atoms with van der Waals surface area (Å²) in [7, 11) is 0. The second-order valence-electron chi connectivity index (χ2n) is 5.70. The molecule has 116 valence electrons.